The Morgan fingerprint density at radius 3 is 3.00 bits per heavy atom. The van der Waals surface area contributed by atoms with E-state index in [0.29, 0.717) is 25.6 Å². The number of rotatable bonds is 1. The van der Waals surface area contributed by atoms with Crippen molar-refractivity contribution in [3.05, 3.63) is 18.2 Å². The standard InChI is InChI=1S/C16H20N4O3/c21-15-3-6-20(16(22)18-15)11-1-2-13-14(9-11)23-8-4-12-10-17-5-7-19(12)13/h1-2,9,12,17H,3-8,10H2,(H,18,21,22). The van der Waals surface area contributed by atoms with E-state index in [0.717, 1.165) is 43.2 Å². The van der Waals surface area contributed by atoms with Gasteiger partial charge in [0.15, 0.2) is 0 Å². The zero-order valence-corrected chi connectivity index (χ0v) is 12.9. The summed E-state index contributed by atoms with van der Waals surface area (Å²) in [6, 6.07) is 5.96. The highest BCUT2D eigenvalue weighted by Crippen LogP contribution is 2.37. The zero-order chi connectivity index (χ0) is 15.8. The second-order valence-electron chi connectivity index (χ2n) is 6.10. The van der Waals surface area contributed by atoms with Gasteiger partial charge in [-0.2, -0.15) is 0 Å². The molecule has 2 saturated heterocycles. The van der Waals surface area contributed by atoms with Gasteiger partial charge in [-0.25, -0.2) is 4.79 Å². The molecular formula is C16H20N4O3. The maximum Gasteiger partial charge on any atom is 0.328 e. The van der Waals surface area contributed by atoms with E-state index >= 15 is 0 Å². The van der Waals surface area contributed by atoms with Crippen LogP contribution < -0.4 is 25.2 Å². The summed E-state index contributed by atoms with van der Waals surface area (Å²) >= 11 is 0. The Kier molecular flexibility index (Phi) is 3.57. The van der Waals surface area contributed by atoms with Crippen molar-refractivity contribution in [3.63, 3.8) is 0 Å². The number of carbonyl (C=O) groups excluding carboxylic acids is 2. The molecule has 3 heterocycles. The second kappa shape index (κ2) is 5.73. The number of imide groups is 1. The molecule has 0 aliphatic carbocycles. The number of piperazine rings is 1. The van der Waals surface area contributed by atoms with Crippen molar-refractivity contribution < 1.29 is 14.3 Å². The third-order valence-corrected chi connectivity index (χ3v) is 4.68. The monoisotopic (exact) mass is 316 g/mol. The van der Waals surface area contributed by atoms with Crippen molar-refractivity contribution in [1.29, 1.82) is 0 Å². The summed E-state index contributed by atoms with van der Waals surface area (Å²) in [5.41, 5.74) is 1.86. The highest BCUT2D eigenvalue weighted by Gasteiger charge is 2.29. The lowest BCUT2D eigenvalue weighted by molar-refractivity contribution is -0.120. The Labute approximate surface area is 134 Å². The number of benzene rings is 1. The number of anilines is 2. The largest absolute Gasteiger partial charge is 0.491 e. The third-order valence-electron chi connectivity index (χ3n) is 4.68. The van der Waals surface area contributed by atoms with Crippen LogP contribution in [0.15, 0.2) is 18.2 Å². The summed E-state index contributed by atoms with van der Waals surface area (Å²) < 4.78 is 5.93. The van der Waals surface area contributed by atoms with Crippen molar-refractivity contribution in [1.82, 2.24) is 10.6 Å². The number of hydrogen-bond donors (Lipinski definition) is 2. The summed E-state index contributed by atoms with van der Waals surface area (Å²) in [5.74, 6) is 0.595. The quantitative estimate of drug-likeness (QED) is 0.797. The first-order chi connectivity index (χ1) is 11.2. The molecule has 0 radical (unpaired) electrons. The van der Waals surface area contributed by atoms with Gasteiger partial charge in [0.1, 0.15) is 5.75 Å². The number of urea groups is 1. The molecule has 0 bridgehead atoms. The van der Waals surface area contributed by atoms with Crippen LogP contribution in [0.3, 0.4) is 0 Å². The molecular weight excluding hydrogens is 296 g/mol. The van der Waals surface area contributed by atoms with Crippen LogP contribution in [0.25, 0.3) is 0 Å². The molecule has 0 saturated carbocycles. The lowest BCUT2D eigenvalue weighted by atomic mass is 10.1. The first-order valence-electron chi connectivity index (χ1n) is 8.08. The molecule has 4 rings (SSSR count). The van der Waals surface area contributed by atoms with Crippen molar-refractivity contribution in [3.8, 4) is 5.75 Å². The molecule has 1 aromatic rings. The van der Waals surface area contributed by atoms with Crippen LogP contribution in [0.5, 0.6) is 5.75 Å². The molecule has 2 fully saturated rings. The molecule has 122 valence electrons. The van der Waals surface area contributed by atoms with Crippen molar-refractivity contribution in [2.24, 2.45) is 0 Å². The fourth-order valence-corrected chi connectivity index (χ4v) is 3.48. The smallest absolute Gasteiger partial charge is 0.328 e. The number of fused-ring (bicyclic) bond motifs is 3. The van der Waals surface area contributed by atoms with Crippen LogP contribution in [-0.4, -0.2) is 50.8 Å². The first kappa shape index (κ1) is 14.3. The Balaban J connectivity index is 1.64. The molecule has 23 heavy (non-hydrogen) atoms. The highest BCUT2D eigenvalue weighted by atomic mass is 16.5. The van der Waals surface area contributed by atoms with E-state index in [9.17, 15) is 9.59 Å². The number of carbonyl (C=O) groups is 2. The fourth-order valence-electron chi connectivity index (χ4n) is 3.48. The van der Waals surface area contributed by atoms with Gasteiger partial charge in [0.05, 0.1) is 12.3 Å². The summed E-state index contributed by atoms with van der Waals surface area (Å²) in [7, 11) is 0. The Bertz CT molecular complexity index is 648. The molecule has 2 N–H and O–H groups in total. The molecule has 0 spiro atoms. The number of nitrogens with zero attached hydrogens (tertiary/aromatic N) is 2. The normalized spacial score (nSPS) is 24.3. The topological polar surface area (TPSA) is 73.9 Å². The van der Waals surface area contributed by atoms with Gasteiger partial charge in [-0.05, 0) is 12.1 Å². The number of nitrogens with one attached hydrogen (secondary N) is 2. The minimum Gasteiger partial charge on any atom is -0.491 e. The average Bonchev–Trinajstić information content (AvgIpc) is 2.73. The average molecular weight is 316 g/mol. The van der Waals surface area contributed by atoms with Gasteiger partial charge < -0.3 is 15.0 Å². The molecule has 7 heteroatoms. The lowest BCUT2D eigenvalue weighted by Gasteiger charge is -2.36. The summed E-state index contributed by atoms with van der Waals surface area (Å²) in [6.45, 7) is 3.97. The molecule has 3 aliphatic heterocycles. The number of hydrogen-bond acceptors (Lipinski definition) is 5. The van der Waals surface area contributed by atoms with Crippen molar-refractivity contribution in [2.45, 2.75) is 18.9 Å². The minimum atomic E-state index is -0.366. The highest BCUT2D eigenvalue weighted by molar-refractivity contribution is 6.05. The molecule has 3 amide bonds. The van der Waals surface area contributed by atoms with E-state index in [1.807, 2.05) is 18.2 Å². The zero-order valence-electron chi connectivity index (χ0n) is 12.9. The molecule has 7 nitrogen and oxygen atoms in total. The third kappa shape index (κ3) is 2.61. The van der Waals surface area contributed by atoms with Crippen LogP contribution in [-0.2, 0) is 4.79 Å². The SMILES string of the molecule is O=C1CCN(c2ccc3c(c2)OCCC2CNCCN32)C(=O)N1. The second-order valence-corrected chi connectivity index (χ2v) is 6.10. The van der Waals surface area contributed by atoms with Crippen LogP contribution in [0.4, 0.5) is 16.2 Å². The number of amides is 3. The Morgan fingerprint density at radius 2 is 2.13 bits per heavy atom. The van der Waals surface area contributed by atoms with E-state index in [1.165, 1.54) is 0 Å². The predicted molar refractivity (Wildman–Crippen MR) is 86.1 cm³/mol. The van der Waals surface area contributed by atoms with Crippen LogP contribution in [0, 0.1) is 0 Å². The summed E-state index contributed by atoms with van der Waals surface area (Å²) in [5, 5.41) is 5.78. The van der Waals surface area contributed by atoms with Crippen molar-refractivity contribution in [2.75, 3.05) is 42.6 Å². The van der Waals surface area contributed by atoms with E-state index < -0.39 is 0 Å². The van der Waals surface area contributed by atoms with Gasteiger partial charge in [-0.15, -0.1) is 0 Å². The van der Waals surface area contributed by atoms with Crippen LogP contribution in [0.2, 0.25) is 0 Å². The van der Waals surface area contributed by atoms with Crippen LogP contribution in [0.1, 0.15) is 12.8 Å². The van der Waals surface area contributed by atoms with Gasteiger partial charge in [0.25, 0.3) is 0 Å². The predicted octanol–water partition coefficient (Wildman–Crippen LogP) is 0.694. The molecule has 1 unspecified atom stereocenters. The van der Waals surface area contributed by atoms with Crippen LogP contribution >= 0.6 is 0 Å². The Hall–Kier alpha value is -2.28. The molecule has 0 aromatic heterocycles. The maximum atomic E-state index is 12.0. The Morgan fingerprint density at radius 1 is 1.22 bits per heavy atom. The van der Waals surface area contributed by atoms with Gasteiger partial charge >= 0.3 is 6.03 Å². The molecule has 1 aromatic carbocycles. The molecule has 3 aliphatic rings. The number of ether oxygens (including phenoxy) is 1. The minimum absolute atomic E-state index is 0.221. The van der Waals surface area contributed by atoms with Gasteiger partial charge in [0.2, 0.25) is 5.91 Å². The van der Waals surface area contributed by atoms with Crippen molar-refractivity contribution >= 4 is 23.3 Å². The van der Waals surface area contributed by atoms with Gasteiger partial charge in [-0.1, -0.05) is 0 Å². The van der Waals surface area contributed by atoms with E-state index in [-0.39, 0.29) is 11.9 Å². The van der Waals surface area contributed by atoms with E-state index in [4.69, 9.17) is 4.74 Å². The summed E-state index contributed by atoms with van der Waals surface area (Å²) in [4.78, 5) is 27.3. The first-order valence-corrected chi connectivity index (χ1v) is 8.08. The van der Waals surface area contributed by atoms with Gasteiger partial charge in [-0.3, -0.25) is 15.0 Å². The van der Waals surface area contributed by atoms with E-state index in [1.54, 1.807) is 4.90 Å². The summed E-state index contributed by atoms with van der Waals surface area (Å²) in [6.07, 6.45) is 1.30. The van der Waals surface area contributed by atoms with E-state index in [2.05, 4.69) is 15.5 Å². The maximum absolute atomic E-state index is 12.0. The van der Waals surface area contributed by atoms with Gasteiger partial charge in [0, 0.05) is 56.8 Å². The lowest BCUT2D eigenvalue weighted by Crippen LogP contribution is -2.51. The fraction of sp³-hybridized carbons (Fsp3) is 0.500. The molecule has 1 atom stereocenters.